The zero-order valence-corrected chi connectivity index (χ0v) is 21.0. The molecule has 3 heterocycles. The molecule has 2 aromatic heterocycles. The lowest BCUT2D eigenvalue weighted by Crippen LogP contribution is -2.29. The molecular weight excluding hydrogens is 485 g/mol. The second kappa shape index (κ2) is 9.34. The van der Waals surface area contributed by atoms with Crippen LogP contribution >= 0.6 is 11.3 Å². The SMILES string of the molecule is COc1cc(C2c3c(oc4ccc(F)cc4c3=O)C(=O)N2c2nnc(C)s2)ccc1OCCC(C)C. The zero-order chi connectivity index (χ0) is 25.6. The third-order valence-corrected chi connectivity index (χ3v) is 6.85. The Hall–Kier alpha value is -3.79. The number of benzene rings is 2. The van der Waals surface area contributed by atoms with E-state index >= 15 is 0 Å². The van der Waals surface area contributed by atoms with Gasteiger partial charge in [0.15, 0.2) is 16.9 Å². The van der Waals surface area contributed by atoms with Gasteiger partial charge in [-0.25, -0.2) is 4.39 Å². The lowest BCUT2D eigenvalue weighted by atomic mass is 9.98. The van der Waals surface area contributed by atoms with Gasteiger partial charge in [0.05, 0.1) is 30.7 Å². The first-order chi connectivity index (χ1) is 17.3. The number of ether oxygens (including phenoxy) is 2. The lowest BCUT2D eigenvalue weighted by molar-refractivity contribution is 0.0970. The summed E-state index contributed by atoms with van der Waals surface area (Å²) in [6.45, 7) is 6.53. The summed E-state index contributed by atoms with van der Waals surface area (Å²) in [4.78, 5) is 28.6. The monoisotopic (exact) mass is 509 g/mol. The van der Waals surface area contributed by atoms with Crippen LogP contribution in [0.1, 0.15) is 53.0 Å². The quantitative estimate of drug-likeness (QED) is 0.335. The molecule has 0 N–H and O–H groups in total. The average Bonchev–Trinajstić information content (AvgIpc) is 3.40. The number of aromatic nitrogens is 2. The number of nitrogens with zero attached hydrogens (tertiary/aromatic N) is 3. The van der Waals surface area contributed by atoms with Crippen LogP contribution in [0.3, 0.4) is 0 Å². The van der Waals surface area contributed by atoms with E-state index in [-0.39, 0.29) is 22.3 Å². The minimum Gasteiger partial charge on any atom is -0.493 e. The molecule has 0 radical (unpaired) electrons. The van der Waals surface area contributed by atoms with Crippen molar-refractivity contribution >= 4 is 33.3 Å². The number of anilines is 1. The first kappa shape index (κ1) is 23.9. The maximum atomic E-state index is 14.0. The van der Waals surface area contributed by atoms with Crippen LogP contribution in [0.15, 0.2) is 45.6 Å². The van der Waals surface area contributed by atoms with Gasteiger partial charge in [0.1, 0.15) is 16.4 Å². The molecule has 5 rings (SSSR count). The minimum atomic E-state index is -0.873. The molecular formula is C26H24FN3O5S. The van der Waals surface area contributed by atoms with Crippen LogP contribution in [0.4, 0.5) is 9.52 Å². The van der Waals surface area contributed by atoms with E-state index in [4.69, 9.17) is 13.9 Å². The molecule has 1 aliphatic rings. The molecule has 186 valence electrons. The van der Waals surface area contributed by atoms with Crippen LogP contribution in [0.25, 0.3) is 11.0 Å². The Morgan fingerprint density at radius 1 is 1.14 bits per heavy atom. The van der Waals surface area contributed by atoms with E-state index < -0.39 is 23.2 Å². The number of carbonyl (C=O) groups excluding carboxylic acids is 1. The molecule has 0 aliphatic carbocycles. The molecule has 2 aromatic carbocycles. The highest BCUT2D eigenvalue weighted by molar-refractivity contribution is 7.15. The van der Waals surface area contributed by atoms with Gasteiger partial charge in [-0.05, 0) is 55.2 Å². The molecule has 0 saturated heterocycles. The Kier molecular flexibility index (Phi) is 6.21. The van der Waals surface area contributed by atoms with Gasteiger partial charge in [-0.15, -0.1) is 10.2 Å². The van der Waals surface area contributed by atoms with Crippen LogP contribution in [0, 0.1) is 18.7 Å². The Balaban J connectivity index is 1.68. The maximum Gasteiger partial charge on any atom is 0.297 e. The van der Waals surface area contributed by atoms with Gasteiger partial charge in [0, 0.05) is 0 Å². The molecule has 0 saturated carbocycles. The van der Waals surface area contributed by atoms with Gasteiger partial charge < -0.3 is 13.9 Å². The van der Waals surface area contributed by atoms with Crippen LogP contribution in [-0.2, 0) is 0 Å². The van der Waals surface area contributed by atoms with E-state index in [0.29, 0.717) is 39.7 Å². The van der Waals surface area contributed by atoms with Gasteiger partial charge in [-0.2, -0.15) is 0 Å². The topological polar surface area (TPSA) is 94.8 Å². The van der Waals surface area contributed by atoms with E-state index in [1.165, 1.54) is 35.5 Å². The van der Waals surface area contributed by atoms with Crippen molar-refractivity contribution < 1.29 is 23.1 Å². The van der Waals surface area contributed by atoms with Crippen molar-refractivity contribution in [2.75, 3.05) is 18.6 Å². The number of carbonyl (C=O) groups is 1. The number of aryl methyl sites for hydroxylation is 1. The number of amides is 1. The van der Waals surface area contributed by atoms with Gasteiger partial charge in [-0.1, -0.05) is 31.3 Å². The van der Waals surface area contributed by atoms with Crippen molar-refractivity contribution in [3.63, 3.8) is 0 Å². The number of hydrogen-bond donors (Lipinski definition) is 0. The van der Waals surface area contributed by atoms with Gasteiger partial charge in [-0.3, -0.25) is 14.5 Å². The minimum absolute atomic E-state index is 0.0578. The molecule has 0 bridgehead atoms. The Bertz CT molecular complexity index is 1530. The molecule has 1 aliphatic heterocycles. The fourth-order valence-electron chi connectivity index (χ4n) is 4.22. The zero-order valence-electron chi connectivity index (χ0n) is 20.2. The Labute approximate surface area is 210 Å². The van der Waals surface area contributed by atoms with E-state index in [9.17, 15) is 14.0 Å². The van der Waals surface area contributed by atoms with Crippen LogP contribution in [-0.4, -0.2) is 29.8 Å². The van der Waals surface area contributed by atoms with E-state index in [1.807, 2.05) is 0 Å². The van der Waals surface area contributed by atoms with Crippen LogP contribution in [0.5, 0.6) is 11.5 Å². The third kappa shape index (κ3) is 4.11. The maximum absolute atomic E-state index is 14.0. The van der Waals surface area contributed by atoms with Crippen LogP contribution < -0.4 is 19.8 Å². The normalized spacial score (nSPS) is 15.1. The van der Waals surface area contributed by atoms with Crippen molar-refractivity contribution in [2.45, 2.75) is 33.2 Å². The largest absolute Gasteiger partial charge is 0.493 e. The van der Waals surface area contributed by atoms with Crippen molar-refractivity contribution in [3.8, 4) is 11.5 Å². The van der Waals surface area contributed by atoms with Crippen molar-refractivity contribution in [1.82, 2.24) is 10.2 Å². The average molecular weight is 510 g/mol. The summed E-state index contributed by atoms with van der Waals surface area (Å²) in [6.07, 6.45) is 0.879. The fraction of sp³-hybridized carbons (Fsp3) is 0.308. The first-order valence-electron chi connectivity index (χ1n) is 11.5. The summed E-state index contributed by atoms with van der Waals surface area (Å²) in [5.41, 5.74) is 0.352. The number of fused-ring (bicyclic) bond motifs is 2. The molecule has 1 unspecified atom stereocenters. The van der Waals surface area contributed by atoms with Gasteiger partial charge >= 0.3 is 0 Å². The van der Waals surface area contributed by atoms with Crippen molar-refractivity contribution in [3.05, 3.63) is 74.3 Å². The molecule has 10 heteroatoms. The number of rotatable bonds is 7. The Morgan fingerprint density at radius 2 is 1.94 bits per heavy atom. The summed E-state index contributed by atoms with van der Waals surface area (Å²) in [7, 11) is 1.53. The summed E-state index contributed by atoms with van der Waals surface area (Å²) < 4.78 is 31.3. The molecule has 1 atom stereocenters. The predicted molar refractivity (Wildman–Crippen MR) is 134 cm³/mol. The smallest absolute Gasteiger partial charge is 0.297 e. The second-order valence-corrected chi connectivity index (χ2v) is 10.1. The third-order valence-electron chi connectivity index (χ3n) is 6.01. The predicted octanol–water partition coefficient (Wildman–Crippen LogP) is 5.28. The summed E-state index contributed by atoms with van der Waals surface area (Å²) in [5.74, 6) is 0.300. The highest BCUT2D eigenvalue weighted by Gasteiger charge is 2.45. The highest BCUT2D eigenvalue weighted by atomic mass is 32.1. The lowest BCUT2D eigenvalue weighted by Gasteiger charge is -2.23. The molecule has 0 spiro atoms. The molecule has 0 fully saturated rings. The number of hydrogen-bond acceptors (Lipinski definition) is 8. The van der Waals surface area contributed by atoms with Gasteiger partial charge in [0.2, 0.25) is 10.9 Å². The number of halogens is 1. The number of methoxy groups -OCH3 is 1. The molecule has 4 aromatic rings. The fourth-order valence-corrected chi connectivity index (χ4v) is 4.93. The second-order valence-electron chi connectivity index (χ2n) is 8.94. The Morgan fingerprint density at radius 3 is 2.64 bits per heavy atom. The summed E-state index contributed by atoms with van der Waals surface area (Å²) in [6, 6.07) is 8.03. The highest BCUT2D eigenvalue weighted by Crippen LogP contribution is 2.44. The van der Waals surface area contributed by atoms with Crippen LogP contribution in [0.2, 0.25) is 0 Å². The summed E-state index contributed by atoms with van der Waals surface area (Å²) in [5, 5.41) is 9.23. The first-order valence-corrected chi connectivity index (χ1v) is 12.3. The molecule has 8 nitrogen and oxygen atoms in total. The van der Waals surface area contributed by atoms with E-state index in [1.54, 1.807) is 25.1 Å². The summed E-state index contributed by atoms with van der Waals surface area (Å²) >= 11 is 1.22. The molecule has 1 amide bonds. The van der Waals surface area contributed by atoms with Crippen molar-refractivity contribution in [1.29, 1.82) is 0 Å². The molecule has 36 heavy (non-hydrogen) atoms. The standard InChI is InChI=1S/C26H24FN3O5S/c1-13(2)9-10-34-19-7-5-15(11-20(19)33-4)22-21-23(31)17-12-16(27)6-8-18(17)35-24(21)25(32)30(22)26-29-28-14(3)36-26/h5-8,11-13,22H,9-10H2,1-4H3. The van der Waals surface area contributed by atoms with E-state index in [0.717, 1.165) is 12.5 Å². The van der Waals surface area contributed by atoms with Gasteiger partial charge in [0.25, 0.3) is 5.91 Å². The van der Waals surface area contributed by atoms with E-state index in [2.05, 4.69) is 24.0 Å². The van der Waals surface area contributed by atoms with Crippen molar-refractivity contribution in [2.24, 2.45) is 5.92 Å².